The molecule has 0 aliphatic rings. The number of rotatable bonds is 4. The summed E-state index contributed by atoms with van der Waals surface area (Å²) in [4.78, 5) is 16.4. The molecule has 0 bridgehead atoms. The van der Waals surface area contributed by atoms with Gasteiger partial charge in [0.05, 0.1) is 6.54 Å². The molecule has 2 aromatic rings. The van der Waals surface area contributed by atoms with E-state index in [0.29, 0.717) is 11.7 Å². The Morgan fingerprint density at radius 1 is 1.65 bits per heavy atom. The number of aromatic nitrogens is 2. The molecular formula is C11H11N3O2S. The van der Waals surface area contributed by atoms with Crippen molar-refractivity contribution in [2.24, 2.45) is 0 Å². The maximum atomic E-state index is 11.4. The highest BCUT2D eigenvalue weighted by Crippen LogP contribution is 2.09. The van der Waals surface area contributed by atoms with Gasteiger partial charge >= 0.3 is 0 Å². The van der Waals surface area contributed by atoms with Crippen LogP contribution in [0.2, 0.25) is 0 Å². The fraction of sp³-hybridized carbons (Fsp3) is 0.182. The van der Waals surface area contributed by atoms with Gasteiger partial charge in [-0.15, -0.1) is 11.3 Å². The van der Waals surface area contributed by atoms with Crippen LogP contribution in [-0.2, 0) is 11.3 Å². The summed E-state index contributed by atoms with van der Waals surface area (Å²) in [5.41, 5.74) is 0. The molecule has 0 saturated carbocycles. The smallest absolute Gasteiger partial charge is 0.246 e. The van der Waals surface area contributed by atoms with Crippen LogP contribution in [0, 0.1) is 6.92 Å². The van der Waals surface area contributed by atoms with Crippen molar-refractivity contribution in [3.63, 3.8) is 0 Å². The minimum Gasteiger partial charge on any atom is -0.343 e. The molecule has 0 unspecified atom stereocenters. The van der Waals surface area contributed by atoms with Gasteiger partial charge in [0.2, 0.25) is 11.8 Å². The third-order valence-electron chi connectivity index (χ3n) is 1.93. The zero-order chi connectivity index (χ0) is 12.1. The van der Waals surface area contributed by atoms with Gasteiger partial charge in [-0.2, -0.15) is 4.98 Å². The Morgan fingerprint density at radius 3 is 3.18 bits per heavy atom. The number of carbonyl (C=O) groups excluding carboxylic acids is 1. The number of amides is 1. The summed E-state index contributed by atoms with van der Waals surface area (Å²) in [5.74, 6) is 0.776. The first kappa shape index (κ1) is 11.5. The van der Waals surface area contributed by atoms with Crippen molar-refractivity contribution in [1.29, 1.82) is 0 Å². The van der Waals surface area contributed by atoms with E-state index in [1.807, 2.05) is 17.5 Å². The Kier molecular flexibility index (Phi) is 3.66. The van der Waals surface area contributed by atoms with Gasteiger partial charge in [-0.1, -0.05) is 11.2 Å². The molecule has 2 rings (SSSR count). The second-order valence-corrected chi connectivity index (χ2v) is 4.28. The first-order chi connectivity index (χ1) is 8.24. The van der Waals surface area contributed by atoms with Gasteiger partial charge in [-0.05, 0) is 24.4 Å². The van der Waals surface area contributed by atoms with E-state index in [2.05, 4.69) is 15.5 Å². The number of hydrogen-bond acceptors (Lipinski definition) is 5. The van der Waals surface area contributed by atoms with E-state index < -0.39 is 0 Å². The van der Waals surface area contributed by atoms with Crippen molar-refractivity contribution in [3.8, 4) is 0 Å². The van der Waals surface area contributed by atoms with Crippen LogP contribution in [0.5, 0.6) is 0 Å². The van der Waals surface area contributed by atoms with E-state index in [9.17, 15) is 4.79 Å². The molecule has 0 atom stereocenters. The number of thiophene rings is 1. The normalized spacial score (nSPS) is 10.9. The SMILES string of the molecule is Cc1noc(CNC(=O)/C=C/c2cccs2)n1. The van der Waals surface area contributed by atoms with E-state index in [1.54, 1.807) is 24.3 Å². The quantitative estimate of drug-likeness (QED) is 0.838. The second kappa shape index (κ2) is 5.40. The van der Waals surface area contributed by atoms with Crippen LogP contribution >= 0.6 is 11.3 Å². The van der Waals surface area contributed by atoms with Crippen molar-refractivity contribution in [1.82, 2.24) is 15.5 Å². The van der Waals surface area contributed by atoms with E-state index in [1.165, 1.54) is 6.08 Å². The summed E-state index contributed by atoms with van der Waals surface area (Å²) in [6.45, 7) is 1.97. The zero-order valence-electron chi connectivity index (χ0n) is 9.21. The lowest BCUT2D eigenvalue weighted by molar-refractivity contribution is -0.116. The molecule has 5 nitrogen and oxygen atoms in total. The molecule has 1 N–H and O–H groups in total. The monoisotopic (exact) mass is 249 g/mol. The van der Waals surface area contributed by atoms with Crippen molar-refractivity contribution >= 4 is 23.3 Å². The fourth-order valence-electron chi connectivity index (χ4n) is 1.18. The summed E-state index contributed by atoms with van der Waals surface area (Å²) in [7, 11) is 0. The standard InChI is InChI=1S/C11H11N3O2S/c1-8-13-11(16-14-8)7-12-10(15)5-4-9-3-2-6-17-9/h2-6H,7H2,1H3,(H,12,15)/b5-4+. The van der Waals surface area contributed by atoms with Crippen molar-refractivity contribution < 1.29 is 9.32 Å². The molecule has 1 amide bonds. The van der Waals surface area contributed by atoms with Gasteiger partial charge in [0.25, 0.3) is 0 Å². The average molecular weight is 249 g/mol. The molecule has 0 aromatic carbocycles. The lowest BCUT2D eigenvalue weighted by atomic mass is 10.4. The Morgan fingerprint density at radius 2 is 2.53 bits per heavy atom. The third-order valence-corrected chi connectivity index (χ3v) is 2.76. The van der Waals surface area contributed by atoms with E-state index in [0.717, 1.165) is 4.88 Å². The predicted octanol–water partition coefficient (Wildman–Crippen LogP) is 1.77. The zero-order valence-corrected chi connectivity index (χ0v) is 10.0. The van der Waals surface area contributed by atoms with Crippen molar-refractivity contribution in [2.45, 2.75) is 13.5 Å². The third kappa shape index (κ3) is 3.53. The van der Waals surface area contributed by atoms with Gasteiger partial charge < -0.3 is 9.84 Å². The number of hydrogen-bond donors (Lipinski definition) is 1. The summed E-state index contributed by atoms with van der Waals surface area (Å²) < 4.78 is 4.87. The number of nitrogens with zero attached hydrogens (tertiary/aromatic N) is 2. The van der Waals surface area contributed by atoms with E-state index in [4.69, 9.17) is 4.52 Å². The lowest BCUT2D eigenvalue weighted by Gasteiger charge is -1.95. The summed E-state index contributed by atoms with van der Waals surface area (Å²) in [5, 5.41) is 8.24. The Balaban J connectivity index is 1.82. The molecule has 0 aliphatic heterocycles. The van der Waals surface area contributed by atoms with Crippen LogP contribution in [0.25, 0.3) is 6.08 Å². The predicted molar refractivity (Wildman–Crippen MR) is 64.2 cm³/mol. The highest BCUT2D eigenvalue weighted by molar-refractivity contribution is 7.10. The summed E-state index contributed by atoms with van der Waals surface area (Å²) >= 11 is 1.58. The molecular weight excluding hydrogens is 238 g/mol. The maximum Gasteiger partial charge on any atom is 0.246 e. The molecule has 0 saturated heterocycles. The number of aryl methyl sites for hydroxylation is 1. The molecule has 17 heavy (non-hydrogen) atoms. The van der Waals surface area contributed by atoms with Gasteiger partial charge in [0.15, 0.2) is 5.82 Å². The first-order valence-corrected chi connectivity index (χ1v) is 5.90. The summed E-state index contributed by atoms with van der Waals surface area (Å²) in [6, 6.07) is 3.87. The molecule has 0 spiro atoms. The molecule has 6 heteroatoms. The van der Waals surface area contributed by atoms with E-state index >= 15 is 0 Å². The van der Waals surface area contributed by atoms with E-state index in [-0.39, 0.29) is 12.5 Å². The maximum absolute atomic E-state index is 11.4. The lowest BCUT2D eigenvalue weighted by Crippen LogP contribution is -2.20. The number of carbonyl (C=O) groups is 1. The molecule has 0 fully saturated rings. The highest BCUT2D eigenvalue weighted by atomic mass is 32.1. The van der Waals surface area contributed by atoms with Crippen LogP contribution in [0.4, 0.5) is 0 Å². The average Bonchev–Trinajstić information content (AvgIpc) is 2.95. The summed E-state index contributed by atoms with van der Waals surface area (Å²) in [6.07, 6.45) is 3.24. The van der Waals surface area contributed by atoms with Gasteiger partial charge in [-0.25, -0.2) is 0 Å². The Bertz CT molecular complexity index is 517. The van der Waals surface area contributed by atoms with Crippen molar-refractivity contribution in [2.75, 3.05) is 0 Å². The molecule has 2 heterocycles. The minimum absolute atomic E-state index is 0.186. The molecule has 2 aromatic heterocycles. The number of nitrogens with one attached hydrogen (secondary N) is 1. The van der Waals surface area contributed by atoms with Gasteiger partial charge in [0, 0.05) is 11.0 Å². The van der Waals surface area contributed by atoms with Crippen LogP contribution in [-0.4, -0.2) is 16.0 Å². The first-order valence-electron chi connectivity index (χ1n) is 5.02. The van der Waals surface area contributed by atoms with Crippen molar-refractivity contribution in [3.05, 3.63) is 40.2 Å². The molecule has 0 aliphatic carbocycles. The fourth-order valence-corrected chi connectivity index (χ4v) is 1.80. The Hall–Kier alpha value is -1.95. The van der Waals surface area contributed by atoms with Crippen LogP contribution < -0.4 is 5.32 Å². The Labute approximate surface area is 102 Å². The molecule has 0 radical (unpaired) electrons. The van der Waals surface area contributed by atoms with Gasteiger partial charge in [0.1, 0.15) is 0 Å². The highest BCUT2D eigenvalue weighted by Gasteiger charge is 2.03. The van der Waals surface area contributed by atoms with Gasteiger partial charge in [-0.3, -0.25) is 4.79 Å². The second-order valence-electron chi connectivity index (χ2n) is 3.30. The minimum atomic E-state index is -0.186. The van der Waals surface area contributed by atoms with Crippen LogP contribution in [0.15, 0.2) is 28.1 Å². The topological polar surface area (TPSA) is 68.0 Å². The molecule has 88 valence electrons. The largest absolute Gasteiger partial charge is 0.343 e. The van der Waals surface area contributed by atoms with Crippen LogP contribution in [0.3, 0.4) is 0 Å². The van der Waals surface area contributed by atoms with Crippen LogP contribution in [0.1, 0.15) is 16.6 Å².